The van der Waals surface area contributed by atoms with Crippen molar-refractivity contribution in [3.8, 4) is 0 Å². The fourth-order valence-corrected chi connectivity index (χ4v) is 1.99. The fourth-order valence-electron chi connectivity index (χ4n) is 1.99. The maximum absolute atomic E-state index is 13.0. The molecule has 4 heteroatoms. The molecule has 100 valence electrons. The van der Waals surface area contributed by atoms with Gasteiger partial charge in [0, 0.05) is 20.1 Å². The van der Waals surface area contributed by atoms with E-state index in [-0.39, 0.29) is 17.6 Å². The number of benzene rings is 1. The van der Waals surface area contributed by atoms with Crippen molar-refractivity contribution in [2.45, 2.75) is 26.3 Å². The molecule has 0 saturated heterocycles. The summed E-state index contributed by atoms with van der Waals surface area (Å²) in [4.78, 5) is 13.7. The van der Waals surface area contributed by atoms with Crippen LogP contribution in [0.15, 0.2) is 24.3 Å². The Morgan fingerprint density at radius 1 is 1.50 bits per heavy atom. The highest BCUT2D eigenvalue weighted by molar-refractivity contribution is 5.78. The normalized spacial score (nSPS) is 12.2. The van der Waals surface area contributed by atoms with Gasteiger partial charge in [0.1, 0.15) is 5.82 Å². The number of carbonyl (C=O) groups is 1. The lowest BCUT2D eigenvalue weighted by molar-refractivity contribution is -0.134. The monoisotopic (exact) mass is 252 g/mol. The molecule has 1 rings (SSSR count). The molecule has 1 aromatic carbocycles. The van der Waals surface area contributed by atoms with E-state index in [4.69, 9.17) is 5.73 Å². The van der Waals surface area contributed by atoms with Gasteiger partial charge in [-0.2, -0.15) is 0 Å². The van der Waals surface area contributed by atoms with Gasteiger partial charge >= 0.3 is 0 Å². The van der Waals surface area contributed by atoms with Gasteiger partial charge in [-0.15, -0.1) is 0 Å². The Morgan fingerprint density at radius 3 is 2.78 bits per heavy atom. The smallest absolute Gasteiger partial charge is 0.226 e. The molecule has 1 aromatic rings. The van der Waals surface area contributed by atoms with Crippen molar-refractivity contribution in [2.75, 3.05) is 13.6 Å². The van der Waals surface area contributed by atoms with Crippen molar-refractivity contribution in [3.63, 3.8) is 0 Å². The van der Waals surface area contributed by atoms with Gasteiger partial charge in [-0.05, 0) is 24.1 Å². The zero-order valence-corrected chi connectivity index (χ0v) is 11.0. The Morgan fingerprint density at radius 2 is 2.22 bits per heavy atom. The molecule has 0 bridgehead atoms. The van der Waals surface area contributed by atoms with E-state index in [1.807, 2.05) is 13.0 Å². The summed E-state index contributed by atoms with van der Waals surface area (Å²) < 4.78 is 13.0. The summed E-state index contributed by atoms with van der Waals surface area (Å²) >= 11 is 0. The first-order chi connectivity index (χ1) is 8.58. The van der Waals surface area contributed by atoms with Crippen molar-refractivity contribution < 1.29 is 9.18 Å². The minimum Gasteiger partial charge on any atom is -0.341 e. The maximum Gasteiger partial charge on any atom is 0.226 e. The lowest BCUT2D eigenvalue weighted by Crippen LogP contribution is -2.36. The van der Waals surface area contributed by atoms with Crippen LogP contribution in [0.5, 0.6) is 0 Å². The largest absolute Gasteiger partial charge is 0.341 e. The predicted octanol–water partition coefficient (Wildman–Crippen LogP) is 2.16. The van der Waals surface area contributed by atoms with Crippen molar-refractivity contribution >= 4 is 5.91 Å². The van der Waals surface area contributed by atoms with Crippen molar-refractivity contribution in [2.24, 2.45) is 11.7 Å². The Balaban J connectivity index is 2.64. The fraction of sp³-hybridized carbons (Fsp3) is 0.500. The summed E-state index contributed by atoms with van der Waals surface area (Å²) in [5.41, 5.74) is 6.40. The molecular formula is C14H21FN2O. The summed E-state index contributed by atoms with van der Waals surface area (Å²) in [7, 11) is 1.73. The van der Waals surface area contributed by atoms with Gasteiger partial charge in [0.05, 0.1) is 5.92 Å². The van der Waals surface area contributed by atoms with Gasteiger partial charge in [-0.1, -0.05) is 25.5 Å². The van der Waals surface area contributed by atoms with E-state index in [1.54, 1.807) is 18.0 Å². The zero-order valence-electron chi connectivity index (χ0n) is 11.0. The van der Waals surface area contributed by atoms with Gasteiger partial charge in [0.15, 0.2) is 0 Å². The molecule has 0 spiro atoms. The predicted molar refractivity (Wildman–Crippen MR) is 70.3 cm³/mol. The lowest BCUT2D eigenvalue weighted by Gasteiger charge is -2.22. The lowest BCUT2D eigenvalue weighted by atomic mass is 10.0. The summed E-state index contributed by atoms with van der Waals surface area (Å²) in [5.74, 6) is -0.380. The van der Waals surface area contributed by atoms with Crippen molar-refractivity contribution in [1.82, 2.24) is 4.90 Å². The van der Waals surface area contributed by atoms with Crippen LogP contribution in [0.1, 0.15) is 25.3 Å². The zero-order chi connectivity index (χ0) is 13.5. The van der Waals surface area contributed by atoms with E-state index in [0.717, 1.165) is 18.4 Å². The molecule has 1 atom stereocenters. The van der Waals surface area contributed by atoms with Gasteiger partial charge in [-0.25, -0.2) is 4.39 Å². The van der Waals surface area contributed by atoms with Crippen LogP contribution < -0.4 is 5.73 Å². The summed E-state index contributed by atoms with van der Waals surface area (Å²) in [5, 5.41) is 0. The third kappa shape index (κ3) is 4.11. The van der Waals surface area contributed by atoms with E-state index < -0.39 is 0 Å². The topological polar surface area (TPSA) is 46.3 Å². The van der Waals surface area contributed by atoms with E-state index in [2.05, 4.69) is 0 Å². The van der Waals surface area contributed by atoms with Crippen molar-refractivity contribution in [3.05, 3.63) is 35.6 Å². The van der Waals surface area contributed by atoms with Crippen LogP contribution >= 0.6 is 0 Å². The van der Waals surface area contributed by atoms with Gasteiger partial charge in [0.25, 0.3) is 0 Å². The van der Waals surface area contributed by atoms with Gasteiger partial charge < -0.3 is 10.6 Å². The second kappa shape index (κ2) is 7.11. The number of hydrogen-bond acceptors (Lipinski definition) is 2. The van der Waals surface area contributed by atoms with Crippen LogP contribution in [-0.2, 0) is 11.3 Å². The average molecular weight is 252 g/mol. The Bertz CT molecular complexity index is 395. The molecule has 0 aliphatic carbocycles. The van der Waals surface area contributed by atoms with E-state index in [0.29, 0.717) is 13.1 Å². The minimum atomic E-state index is -0.280. The number of amides is 1. The molecule has 0 saturated carbocycles. The molecule has 3 nitrogen and oxygen atoms in total. The number of hydrogen-bond donors (Lipinski definition) is 1. The molecule has 0 aromatic heterocycles. The molecule has 1 amide bonds. The minimum absolute atomic E-state index is 0.0311. The standard InChI is InChI=1S/C14H21FN2O/c1-3-5-12(9-16)14(18)17(2)10-11-6-4-7-13(15)8-11/h4,6-8,12H,3,5,9-10,16H2,1-2H3. The number of carbonyl (C=O) groups excluding carboxylic acids is 1. The summed E-state index contributed by atoms with van der Waals surface area (Å²) in [6, 6.07) is 6.30. The van der Waals surface area contributed by atoms with Crippen LogP contribution in [0.25, 0.3) is 0 Å². The Kier molecular flexibility index (Phi) is 5.78. The molecule has 18 heavy (non-hydrogen) atoms. The number of rotatable bonds is 6. The number of nitrogens with two attached hydrogens (primary N) is 1. The number of nitrogens with zero attached hydrogens (tertiary/aromatic N) is 1. The highest BCUT2D eigenvalue weighted by Gasteiger charge is 2.19. The molecular weight excluding hydrogens is 231 g/mol. The van der Waals surface area contributed by atoms with Crippen LogP contribution in [-0.4, -0.2) is 24.4 Å². The third-order valence-corrected chi connectivity index (χ3v) is 2.96. The molecule has 0 aliphatic heterocycles. The van der Waals surface area contributed by atoms with Crippen LogP contribution in [0.2, 0.25) is 0 Å². The molecule has 0 radical (unpaired) electrons. The summed E-state index contributed by atoms with van der Waals surface area (Å²) in [6.07, 6.45) is 1.73. The second-order valence-electron chi connectivity index (χ2n) is 4.55. The average Bonchev–Trinajstić information content (AvgIpc) is 2.35. The molecule has 1 unspecified atom stereocenters. The highest BCUT2D eigenvalue weighted by atomic mass is 19.1. The van der Waals surface area contributed by atoms with E-state index >= 15 is 0 Å². The van der Waals surface area contributed by atoms with Crippen LogP contribution in [0, 0.1) is 11.7 Å². The van der Waals surface area contributed by atoms with E-state index in [9.17, 15) is 9.18 Å². The molecule has 0 heterocycles. The first kappa shape index (κ1) is 14.6. The third-order valence-electron chi connectivity index (χ3n) is 2.96. The Hall–Kier alpha value is -1.42. The SMILES string of the molecule is CCCC(CN)C(=O)N(C)Cc1cccc(F)c1. The Labute approximate surface area is 108 Å². The second-order valence-corrected chi connectivity index (χ2v) is 4.55. The molecule has 2 N–H and O–H groups in total. The first-order valence-corrected chi connectivity index (χ1v) is 6.28. The number of halogens is 1. The molecule has 0 fully saturated rings. The molecule has 0 aliphatic rings. The quantitative estimate of drug-likeness (QED) is 0.843. The van der Waals surface area contributed by atoms with Gasteiger partial charge in [-0.3, -0.25) is 4.79 Å². The maximum atomic E-state index is 13.0. The summed E-state index contributed by atoms with van der Waals surface area (Å²) in [6.45, 7) is 2.81. The van der Waals surface area contributed by atoms with Crippen LogP contribution in [0.4, 0.5) is 4.39 Å². The van der Waals surface area contributed by atoms with Crippen molar-refractivity contribution in [1.29, 1.82) is 0 Å². The van der Waals surface area contributed by atoms with Crippen LogP contribution in [0.3, 0.4) is 0 Å². The first-order valence-electron chi connectivity index (χ1n) is 6.28. The van der Waals surface area contributed by atoms with Gasteiger partial charge in [0.2, 0.25) is 5.91 Å². The van der Waals surface area contributed by atoms with E-state index in [1.165, 1.54) is 12.1 Å². The highest BCUT2D eigenvalue weighted by Crippen LogP contribution is 2.12.